The Morgan fingerprint density at radius 1 is 1.46 bits per heavy atom. The number of hydrogen-bond donors (Lipinski definition) is 1. The van der Waals surface area contributed by atoms with Crippen molar-refractivity contribution in [3.05, 3.63) is 40.1 Å². The quantitative estimate of drug-likeness (QED) is 0.861. The first kappa shape index (κ1) is 18.6. The van der Waals surface area contributed by atoms with E-state index in [1.807, 2.05) is 12.3 Å². The maximum Gasteiger partial charge on any atom is 0.228 e. The molecule has 1 aromatic carbocycles. The average molecular weight is 380 g/mol. The second-order valence-corrected chi connectivity index (χ2v) is 7.24. The molecule has 1 aliphatic rings. The van der Waals surface area contributed by atoms with Crippen molar-refractivity contribution >= 4 is 17.2 Å². The zero-order valence-electron chi connectivity index (χ0n) is 14.6. The molecule has 1 amide bonds. The Labute approximate surface area is 155 Å². The Bertz CT molecular complexity index is 782. The van der Waals surface area contributed by atoms with Crippen LogP contribution >= 0.6 is 11.3 Å². The highest BCUT2D eigenvalue weighted by Crippen LogP contribution is 2.30. The molecule has 0 bridgehead atoms. The van der Waals surface area contributed by atoms with E-state index in [0.29, 0.717) is 18.7 Å². The Morgan fingerprint density at radius 3 is 2.92 bits per heavy atom. The number of nitrogens with zero attached hydrogens (tertiary/aromatic N) is 2. The Morgan fingerprint density at radius 2 is 2.27 bits per heavy atom. The molecule has 3 rings (SSSR count). The minimum atomic E-state index is -0.834. The lowest BCUT2D eigenvalue weighted by atomic mass is 10.0. The van der Waals surface area contributed by atoms with E-state index in [1.165, 1.54) is 36.6 Å². The van der Waals surface area contributed by atoms with Gasteiger partial charge in [0.25, 0.3) is 0 Å². The number of benzene rings is 1. The highest BCUT2D eigenvalue weighted by atomic mass is 32.1. The molecule has 2 atom stereocenters. The number of thiazole rings is 1. The van der Waals surface area contributed by atoms with Crippen LogP contribution < -0.4 is 9.47 Å². The van der Waals surface area contributed by atoms with Crippen molar-refractivity contribution < 1.29 is 23.8 Å². The van der Waals surface area contributed by atoms with Gasteiger partial charge in [-0.15, -0.1) is 11.3 Å². The number of β-amino-alcohol motifs (C(OH)–C–C–N with tert-alkyl or cyclic N) is 1. The van der Waals surface area contributed by atoms with E-state index >= 15 is 0 Å². The van der Waals surface area contributed by atoms with Crippen molar-refractivity contribution in [1.29, 1.82) is 0 Å². The van der Waals surface area contributed by atoms with Crippen LogP contribution in [0, 0.1) is 12.7 Å². The molecular weight excluding hydrogens is 359 g/mol. The van der Waals surface area contributed by atoms with Gasteiger partial charge in [0.15, 0.2) is 11.5 Å². The lowest BCUT2D eigenvalue weighted by Crippen LogP contribution is -2.51. The predicted octanol–water partition coefficient (Wildman–Crippen LogP) is 2.18. The number of halogens is 1. The summed E-state index contributed by atoms with van der Waals surface area (Å²) in [5.41, 5.74) is 0.751. The van der Waals surface area contributed by atoms with E-state index < -0.39 is 18.0 Å². The van der Waals surface area contributed by atoms with Crippen molar-refractivity contribution in [3.8, 4) is 11.5 Å². The standard InChI is InChI=1S/C18H21FN2O4S/c1-11-20-13(10-26-11)8-18(23)21-6-5-15(14(22)9-21)25-16-4-3-12(19)7-17(16)24-2/h3-4,7,10,14-15,22H,5-6,8-9H2,1-2H3/t14-,15-/m1/s1. The smallest absolute Gasteiger partial charge is 0.228 e. The molecule has 0 saturated carbocycles. The monoisotopic (exact) mass is 380 g/mol. The fourth-order valence-electron chi connectivity index (χ4n) is 2.93. The molecule has 0 unspecified atom stereocenters. The number of aliphatic hydroxyl groups is 1. The van der Waals surface area contributed by atoms with Crippen molar-refractivity contribution in [1.82, 2.24) is 9.88 Å². The lowest BCUT2D eigenvalue weighted by Gasteiger charge is -2.36. The molecule has 0 aliphatic carbocycles. The molecule has 1 fully saturated rings. The third-order valence-electron chi connectivity index (χ3n) is 4.28. The van der Waals surface area contributed by atoms with E-state index in [1.54, 1.807) is 4.90 Å². The number of hydrogen-bond acceptors (Lipinski definition) is 6. The molecule has 140 valence electrons. The summed E-state index contributed by atoms with van der Waals surface area (Å²) in [4.78, 5) is 18.3. The largest absolute Gasteiger partial charge is 0.493 e. The normalized spacial score (nSPS) is 20.1. The second-order valence-electron chi connectivity index (χ2n) is 6.18. The minimum Gasteiger partial charge on any atom is -0.493 e. The van der Waals surface area contributed by atoms with E-state index in [0.717, 1.165) is 10.7 Å². The number of aromatic nitrogens is 1. The molecule has 6 nitrogen and oxygen atoms in total. The van der Waals surface area contributed by atoms with Crippen LogP contribution in [0.3, 0.4) is 0 Å². The first-order valence-corrected chi connectivity index (χ1v) is 9.21. The number of methoxy groups -OCH3 is 1. The van der Waals surface area contributed by atoms with Crippen LogP contribution in [0.5, 0.6) is 11.5 Å². The summed E-state index contributed by atoms with van der Waals surface area (Å²) in [5.74, 6) is 0.157. The molecule has 8 heteroatoms. The Hall–Kier alpha value is -2.19. The third-order valence-corrected chi connectivity index (χ3v) is 5.10. The minimum absolute atomic E-state index is 0.0628. The first-order valence-electron chi connectivity index (χ1n) is 8.33. The van der Waals surface area contributed by atoms with Gasteiger partial charge in [-0.25, -0.2) is 9.37 Å². The Balaban J connectivity index is 1.59. The Kier molecular flexibility index (Phi) is 5.73. The number of piperidine rings is 1. The number of carbonyl (C=O) groups is 1. The van der Waals surface area contributed by atoms with Crippen LogP contribution in [0.1, 0.15) is 17.1 Å². The van der Waals surface area contributed by atoms with Gasteiger partial charge in [0.05, 0.1) is 30.8 Å². The molecule has 0 radical (unpaired) electrons. The van der Waals surface area contributed by atoms with Gasteiger partial charge in [0, 0.05) is 24.4 Å². The van der Waals surface area contributed by atoms with Gasteiger partial charge in [-0.2, -0.15) is 0 Å². The van der Waals surface area contributed by atoms with Crippen molar-refractivity contribution in [2.75, 3.05) is 20.2 Å². The number of aryl methyl sites for hydroxylation is 1. The van der Waals surface area contributed by atoms with Gasteiger partial charge in [0.1, 0.15) is 18.0 Å². The predicted molar refractivity (Wildman–Crippen MR) is 95.1 cm³/mol. The summed E-state index contributed by atoms with van der Waals surface area (Å²) in [6.07, 6.45) is -0.614. The van der Waals surface area contributed by atoms with E-state index in [4.69, 9.17) is 9.47 Å². The lowest BCUT2D eigenvalue weighted by molar-refractivity contribution is -0.136. The van der Waals surface area contributed by atoms with Crippen LogP contribution in [-0.2, 0) is 11.2 Å². The molecule has 0 spiro atoms. The second kappa shape index (κ2) is 8.01. The maximum atomic E-state index is 13.3. The number of rotatable bonds is 5. The number of likely N-dealkylation sites (tertiary alicyclic amines) is 1. The van der Waals surface area contributed by atoms with E-state index in [9.17, 15) is 14.3 Å². The summed E-state index contributed by atoms with van der Waals surface area (Å²) >= 11 is 1.51. The fourth-order valence-corrected chi connectivity index (χ4v) is 3.54. The summed E-state index contributed by atoms with van der Waals surface area (Å²) in [5, 5.41) is 13.2. The van der Waals surface area contributed by atoms with Crippen molar-refractivity contribution in [2.45, 2.75) is 32.0 Å². The number of aliphatic hydroxyl groups excluding tert-OH is 1. The topological polar surface area (TPSA) is 71.9 Å². The summed E-state index contributed by atoms with van der Waals surface area (Å²) in [6, 6.07) is 3.98. The van der Waals surface area contributed by atoms with Crippen LogP contribution in [0.25, 0.3) is 0 Å². The van der Waals surface area contributed by atoms with Crippen LogP contribution in [0.15, 0.2) is 23.6 Å². The molecule has 26 heavy (non-hydrogen) atoms. The highest BCUT2D eigenvalue weighted by molar-refractivity contribution is 7.09. The molecule has 1 N–H and O–H groups in total. The number of amides is 1. The molecule has 2 aromatic rings. The van der Waals surface area contributed by atoms with Crippen LogP contribution in [-0.4, -0.2) is 53.3 Å². The van der Waals surface area contributed by atoms with Crippen molar-refractivity contribution in [2.24, 2.45) is 0 Å². The summed E-state index contributed by atoms with van der Waals surface area (Å²) in [7, 11) is 1.43. The van der Waals surface area contributed by atoms with E-state index in [-0.39, 0.29) is 24.6 Å². The first-order chi connectivity index (χ1) is 12.5. The fraction of sp³-hybridized carbons (Fsp3) is 0.444. The summed E-state index contributed by atoms with van der Waals surface area (Å²) < 4.78 is 24.2. The van der Waals surface area contributed by atoms with Gasteiger partial charge < -0.3 is 19.5 Å². The maximum absolute atomic E-state index is 13.3. The number of carbonyl (C=O) groups excluding carboxylic acids is 1. The molecule has 1 saturated heterocycles. The van der Waals surface area contributed by atoms with Crippen LogP contribution in [0.4, 0.5) is 4.39 Å². The number of ether oxygens (including phenoxy) is 2. The van der Waals surface area contributed by atoms with Crippen LogP contribution in [0.2, 0.25) is 0 Å². The van der Waals surface area contributed by atoms with Crippen molar-refractivity contribution in [3.63, 3.8) is 0 Å². The zero-order valence-corrected chi connectivity index (χ0v) is 15.5. The average Bonchev–Trinajstić information content (AvgIpc) is 3.02. The van der Waals surface area contributed by atoms with Gasteiger partial charge in [-0.3, -0.25) is 4.79 Å². The van der Waals surface area contributed by atoms with Gasteiger partial charge in [-0.05, 0) is 19.1 Å². The molecule has 2 heterocycles. The molecule has 1 aliphatic heterocycles. The third kappa shape index (κ3) is 4.31. The van der Waals surface area contributed by atoms with E-state index in [2.05, 4.69) is 4.98 Å². The summed E-state index contributed by atoms with van der Waals surface area (Å²) in [6.45, 7) is 2.57. The zero-order chi connectivity index (χ0) is 18.7. The van der Waals surface area contributed by atoms with Gasteiger partial charge in [0.2, 0.25) is 5.91 Å². The highest BCUT2D eigenvalue weighted by Gasteiger charge is 2.32. The SMILES string of the molecule is COc1cc(F)ccc1O[C@@H]1CCN(C(=O)Cc2csc(C)n2)C[C@H]1O. The molecule has 1 aromatic heterocycles. The van der Waals surface area contributed by atoms with Gasteiger partial charge in [-0.1, -0.05) is 0 Å². The van der Waals surface area contributed by atoms with Gasteiger partial charge >= 0.3 is 0 Å². The molecular formula is C18H21FN2O4S.